The molecule has 0 spiro atoms. The van der Waals surface area contributed by atoms with Crippen molar-refractivity contribution in [2.45, 2.75) is 6.61 Å². The van der Waals surface area contributed by atoms with Crippen LogP contribution >= 0.6 is 0 Å². The van der Waals surface area contributed by atoms with Crippen molar-refractivity contribution in [2.24, 2.45) is 0 Å². The molecule has 0 aliphatic rings. The Morgan fingerprint density at radius 2 is 1.89 bits per heavy atom. The van der Waals surface area contributed by atoms with Gasteiger partial charge in [-0.2, -0.15) is 0 Å². The van der Waals surface area contributed by atoms with E-state index < -0.39 is 5.97 Å². The second-order valence-corrected chi connectivity index (χ2v) is 6.09. The topological polar surface area (TPSA) is 78.9 Å². The summed E-state index contributed by atoms with van der Waals surface area (Å²) in [4.78, 5) is 24.2. The van der Waals surface area contributed by atoms with Crippen LogP contribution in [0.15, 0.2) is 76.0 Å². The highest BCUT2D eigenvalue weighted by Gasteiger charge is 2.18. The number of carbonyl (C=O) groups excluding carboxylic acids is 2. The van der Waals surface area contributed by atoms with Gasteiger partial charge in [0.25, 0.3) is 0 Å². The monoisotopic (exact) mass is 376 g/mol. The van der Waals surface area contributed by atoms with Crippen molar-refractivity contribution in [3.05, 3.63) is 89.6 Å². The van der Waals surface area contributed by atoms with Gasteiger partial charge in [-0.25, -0.2) is 4.79 Å². The van der Waals surface area contributed by atoms with Crippen molar-refractivity contribution >= 4 is 22.7 Å². The molecule has 2 aromatic carbocycles. The maximum Gasteiger partial charge on any atom is 0.337 e. The Morgan fingerprint density at radius 1 is 1.00 bits per heavy atom. The number of benzene rings is 2. The standard InChI is InChI=1S/C22H16O6/c1-25-22(24)15-5-2-4-14(10-15)12-27-16-7-8-19-17(11-16)18(13-28-19)21(23)20-6-3-9-26-20/h2-11,13H,12H2,1H3. The van der Waals surface area contributed by atoms with E-state index in [1.54, 1.807) is 48.5 Å². The highest BCUT2D eigenvalue weighted by Crippen LogP contribution is 2.28. The molecule has 0 atom stereocenters. The summed E-state index contributed by atoms with van der Waals surface area (Å²) in [6.45, 7) is 0.260. The van der Waals surface area contributed by atoms with E-state index in [-0.39, 0.29) is 18.2 Å². The van der Waals surface area contributed by atoms with Gasteiger partial charge in [0.05, 0.1) is 24.5 Å². The molecule has 0 saturated carbocycles. The van der Waals surface area contributed by atoms with Gasteiger partial charge in [-0.15, -0.1) is 0 Å². The van der Waals surface area contributed by atoms with Crippen LogP contribution in [0, 0.1) is 0 Å². The minimum Gasteiger partial charge on any atom is -0.489 e. The molecule has 28 heavy (non-hydrogen) atoms. The molecular formula is C22H16O6. The first-order chi connectivity index (χ1) is 13.7. The minimum atomic E-state index is -0.400. The van der Waals surface area contributed by atoms with Gasteiger partial charge < -0.3 is 18.3 Å². The molecule has 2 heterocycles. The summed E-state index contributed by atoms with van der Waals surface area (Å²) in [6, 6.07) is 15.5. The molecule has 0 amide bonds. The summed E-state index contributed by atoms with van der Waals surface area (Å²) >= 11 is 0. The number of rotatable bonds is 6. The Labute approximate surface area is 160 Å². The summed E-state index contributed by atoms with van der Waals surface area (Å²) in [5.41, 5.74) is 2.26. The fourth-order valence-corrected chi connectivity index (χ4v) is 2.89. The molecule has 6 nitrogen and oxygen atoms in total. The van der Waals surface area contributed by atoms with Crippen LogP contribution in [0.2, 0.25) is 0 Å². The quantitative estimate of drug-likeness (QED) is 0.361. The van der Waals surface area contributed by atoms with Crippen LogP contribution in [0.25, 0.3) is 11.0 Å². The third kappa shape index (κ3) is 3.40. The predicted octanol–water partition coefficient (Wildman–Crippen LogP) is 4.62. The molecule has 0 bridgehead atoms. The van der Waals surface area contributed by atoms with Crippen molar-refractivity contribution in [3.8, 4) is 5.75 Å². The lowest BCUT2D eigenvalue weighted by Gasteiger charge is -2.08. The first-order valence-electron chi connectivity index (χ1n) is 8.55. The zero-order valence-electron chi connectivity index (χ0n) is 15.0. The Morgan fingerprint density at radius 3 is 2.68 bits per heavy atom. The molecule has 2 aromatic heterocycles. The van der Waals surface area contributed by atoms with E-state index in [9.17, 15) is 9.59 Å². The van der Waals surface area contributed by atoms with Crippen molar-refractivity contribution < 1.29 is 27.9 Å². The number of hydrogen-bond donors (Lipinski definition) is 0. The van der Waals surface area contributed by atoms with E-state index in [0.29, 0.717) is 27.8 Å². The number of fused-ring (bicyclic) bond motifs is 1. The number of ether oxygens (including phenoxy) is 2. The number of ketones is 1. The highest BCUT2D eigenvalue weighted by molar-refractivity contribution is 6.14. The van der Waals surface area contributed by atoms with Crippen molar-refractivity contribution in [1.82, 2.24) is 0 Å². The summed E-state index contributed by atoms with van der Waals surface area (Å²) < 4.78 is 21.2. The predicted molar refractivity (Wildman–Crippen MR) is 100 cm³/mol. The highest BCUT2D eigenvalue weighted by atomic mass is 16.5. The van der Waals surface area contributed by atoms with E-state index in [2.05, 4.69) is 0 Å². The number of carbonyl (C=O) groups is 2. The molecule has 0 fully saturated rings. The van der Waals surface area contributed by atoms with Crippen LogP contribution in [-0.2, 0) is 11.3 Å². The molecule has 0 aliphatic carbocycles. The van der Waals surface area contributed by atoms with Crippen LogP contribution in [0.3, 0.4) is 0 Å². The van der Waals surface area contributed by atoms with Crippen LogP contribution in [0.5, 0.6) is 5.75 Å². The van der Waals surface area contributed by atoms with Crippen molar-refractivity contribution in [3.63, 3.8) is 0 Å². The maximum absolute atomic E-state index is 12.6. The Balaban J connectivity index is 1.56. The molecule has 140 valence electrons. The average Bonchev–Trinajstić information content (AvgIpc) is 3.41. The molecule has 0 radical (unpaired) electrons. The van der Waals surface area contributed by atoms with Crippen LogP contribution in [0.1, 0.15) is 32.0 Å². The maximum atomic E-state index is 12.6. The second-order valence-electron chi connectivity index (χ2n) is 6.09. The lowest BCUT2D eigenvalue weighted by Crippen LogP contribution is -2.03. The molecule has 4 aromatic rings. The smallest absolute Gasteiger partial charge is 0.337 e. The molecule has 0 aliphatic heterocycles. The summed E-state index contributed by atoms with van der Waals surface area (Å²) in [6.07, 6.45) is 2.87. The number of methoxy groups -OCH3 is 1. The number of esters is 1. The fourth-order valence-electron chi connectivity index (χ4n) is 2.89. The molecule has 6 heteroatoms. The van der Waals surface area contributed by atoms with Gasteiger partial charge in [0.15, 0.2) is 5.76 Å². The molecule has 0 saturated heterocycles. The van der Waals surface area contributed by atoms with E-state index in [1.165, 1.54) is 19.6 Å². The van der Waals surface area contributed by atoms with Gasteiger partial charge in [0.2, 0.25) is 5.78 Å². The first kappa shape index (κ1) is 17.6. The van der Waals surface area contributed by atoms with E-state index >= 15 is 0 Å². The fraction of sp³-hybridized carbons (Fsp3) is 0.0909. The molecular weight excluding hydrogens is 360 g/mol. The lowest BCUT2D eigenvalue weighted by molar-refractivity contribution is 0.0600. The Hall–Kier alpha value is -3.80. The lowest BCUT2D eigenvalue weighted by atomic mass is 10.1. The summed E-state index contributed by atoms with van der Waals surface area (Å²) in [5.74, 6) is 0.161. The second kappa shape index (κ2) is 7.44. The van der Waals surface area contributed by atoms with Crippen LogP contribution in [0.4, 0.5) is 0 Å². The van der Waals surface area contributed by atoms with Crippen LogP contribution in [-0.4, -0.2) is 18.9 Å². The Kier molecular flexibility index (Phi) is 4.68. The number of hydrogen-bond acceptors (Lipinski definition) is 6. The van der Waals surface area contributed by atoms with Gasteiger partial charge in [-0.3, -0.25) is 4.79 Å². The van der Waals surface area contributed by atoms with E-state index in [1.807, 2.05) is 6.07 Å². The van der Waals surface area contributed by atoms with Gasteiger partial charge in [-0.05, 0) is 48.0 Å². The largest absolute Gasteiger partial charge is 0.489 e. The van der Waals surface area contributed by atoms with E-state index in [4.69, 9.17) is 18.3 Å². The average molecular weight is 376 g/mol. The Bertz CT molecular complexity index is 1140. The molecule has 4 rings (SSSR count). The summed E-state index contributed by atoms with van der Waals surface area (Å²) in [7, 11) is 1.34. The first-order valence-corrected chi connectivity index (χ1v) is 8.55. The van der Waals surface area contributed by atoms with Crippen molar-refractivity contribution in [1.29, 1.82) is 0 Å². The van der Waals surface area contributed by atoms with E-state index in [0.717, 1.165) is 5.56 Å². The number of furan rings is 2. The van der Waals surface area contributed by atoms with Gasteiger partial charge >= 0.3 is 5.97 Å². The SMILES string of the molecule is COC(=O)c1cccc(COc2ccc3occ(C(=O)c4ccco4)c3c2)c1. The third-order valence-electron chi connectivity index (χ3n) is 4.29. The molecule has 0 unspecified atom stereocenters. The van der Waals surface area contributed by atoms with Gasteiger partial charge in [0.1, 0.15) is 24.2 Å². The zero-order chi connectivity index (χ0) is 19.5. The minimum absolute atomic E-state index is 0.244. The van der Waals surface area contributed by atoms with Gasteiger partial charge in [0, 0.05) is 5.39 Å². The molecule has 0 N–H and O–H groups in total. The zero-order valence-corrected chi connectivity index (χ0v) is 15.0. The van der Waals surface area contributed by atoms with Crippen molar-refractivity contribution in [2.75, 3.05) is 7.11 Å². The van der Waals surface area contributed by atoms with Crippen LogP contribution < -0.4 is 4.74 Å². The normalized spacial score (nSPS) is 10.8. The summed E-state index contributed by atoms with van der Waals surface area (Å²) in [5, 5.41) is 0.641. The third-order valence-corrected chi connectivity index (χ3v) is 4.29. The van der Waals surface area contributed by atoms with Gasteiger partial charge in [-0.1, -0.05) is 12.1 Å².